The second-order valence-corrected chi connectivity index (χ2v) is 13.2. The van der Waals surface area contributed by atoms with Crippen LogP contribution in [0.2, 0.25) is 6.25 Å². The first-order valence-electron chi connectivity index (χ1n) is 8.80. The Hall–Kier alpha value is -1.14. The molecule has 0 spiro atoms. The van der Waals surface area contributed by atoms with Crippen molar-refractivity contribution in [2.75, 3.05) is 0 Å². The minimum Gasteiger partial charge on any atom is -1.00 e. The van der Waals surface area contributed by atoms with E-state index >= 15 is 0 Å². The summed E-state index contributed by atoms with van der Waals surface area (Å²) in [5.41, 5.74) is 5.41. The van der Waals surface area contributed by atoms with E-state index in [9.17, 15) is 0 Å². The van der Waals surface area contributed by atoms with Crippen LogP contribution in [-0.2, 0) is 23.2 Å². The number of hydrogen-bond acceptors (Lipinski definition) is 0. The van der Waals surface area contributed by atoms with Crippen LogP contribution in [0.4, 0.5) is 0 Å². The Labute approximate surface area is 186 Å². The fraction of sp³-hybridized carbons (Fsp3) is 0.167. The van der Waals surface area contributed by atoms with Gasteiger partial charge in [-0.25, -0.2) is 0 Å². The van der Waals surface area contributed by atoms with E-state index in [1.54, 1.807) is 0 Å². The molecule has 0 saturated carbocycles. The molecule has 2 aromatic carbocycles. The Morgan fingerprint density at radius 3 is 1.33 bits per heavy atom. The molecule has 136 valence electrons. The quantitative estimate of drug-likeness (QED) is 0.616. The summed E-state index contributed by atoms with van der Waals surface area (Å²) < 4.78 is 0.520. The summed E-state index contributed by atoms with van der Waals surface area (Å²) in [6.07, 6.45) is 14.5. The number of hydrogen-bond donors (Lipinski definition) is 0. The van der Waals surface area contributed by atoms with Gasteiger partial charge in [0, 0.05) is 0 Å². The molecule has 0 aliphatic heterocycles. The van der Waals surface area contributed by atoms with Gasteiger partial charge in [-0.05, 0) is 0 Å². The summed E-state index contributed by atoms with van der Waals surface area (Å²) in [6, 6.07) is 21.5. The average molecular weight is 473 g/mol. The van der Waals surface area contributed by atoms with E-state index in [2.05, 4.69) is 111 Å². The minimum absolute atomic E-state index is 0. The Morgan fingerprint density at radius 1 is 0.593 bits per heavy atom. The van der Waals surface area contributed by atoms with Crippen LogP contribution in [0.3, 0.4) is 0 Å². The normalized spacial score (nSPS) is 25.1. The van der Waals surface area contributed by atoms with Gasteiger partial charge < -0.3 is 24.8 Å². The van der Waals surface area contributed by atoms with Gasteiger partial charge in [0.1, 0.15) is 0 Å². The fourth-order valence-electron chi connectivity index (χ4n) is 3.72. The molecule has 2 atom stereocenters. The van der Waals surface area contributed by atoms with E-state index in [0.29, 0.717) is 0 Å². The van der Waals surface area contributed by atoms with E-state index in [0.717, 1.165) is 0 Å². The number of allylic oxidation sites excluding steroid dienone is 8. The summed E-state index contributed by atoms with van der Waals surface area (Å²) in [5, 5.41) is 0. The molecular formula is C24H22Cl2Zr. The molecular weight excluding hydrogens is 450 g/mol. The van der Waals surface area contributed by atoms with E-state index in [-0.39, 0.29) is 31.1 Å². The second kappa shape index (κ2) is 8.91. The van der Waals surface area contributed by atoms with Crippen molar-refractivity contribution in [2.24, 2.45) is 0 Å². The van der Waals surface area contributed by atoms with Gasteiger partial charge in [0.25, 0.3) is 0 Å². The molecule has 4 rings (SSSR count). The molecule has 27 heavy (non-hydrogen) atoms. The van der Waals surface area contributed by atoms with Crippen molar-refractivity contribution in [3.05, 3.63) is 108 Å². The van der Waals surface area contributed by atoms with Crippen LogP contribution in [0.1, 0.15) is 25.0 Å². The van der Waals surface area contributed by atoms with Gasteiger partial charge in [-0.2, -0.15) is 0 Å². The standard InChI is InChI=1S/2C12H11.2ClH.Zr/c2*1-10-7-8-12(9-10)11-5-3-2-4-6-11;;;/h2*2-9H,1H3;2*1H;/q;;;;+2/p-2. The van der Waals surface area contributed by atoms with Crippen LogP contribution in [-0.4, -0.2) is 0 Å². The zero-order valence-corrected chi connectivity index (χ0v) is 19.5. The molecule has 0 bridgehead atoms. The van der Waals surface area contributed by atoms with Crippen LogP contribution < -0.4 is 24.8 Å². The molecule has 0 aromatic heterocycles. The molecule has 2 aromatic rings. The van der Waals surface area contributed by atoms with Gasteiger partial charge in [-0.15, -0.1) is 0 Å². The molecule has 0 N–H and O–H groups in total. The summed E-state index contributed by atoms with van der Waals surface area (Å²) in [7, 11) is 0. The molecule has 2 aliphatic rings. The summed E-state index contributed by atoms with van der Waals surface area (Å²) in [6.45, 7) is 4.83. The fourth-order valence-corrected chi connectivity index (χ4v) is 8.51. The minimum atomic E-state index is -0.767. The zero-order valence-electron chi connectivity index (χ0n) is 15.5. The maximum absolute atomic E-state index is 2.50. The summed E-state index contributed by atoms with van der Waals surface area (Å²) in [5.74, 6) is 0. The molecule has 3 heteroatoms. The molecule has 2 aliphatic carbocycles. The molecule has 0 radical (unpaired) electrons. The first-order chi connectivity index (χ1) is 12.1. The van der Waals surface area contributed by atoms with Crippen LogP contribution in [0, 0.1) is 0 Å². The van der Waals surface area contributed by atoms with E-state index in [1.165, 1.54) is 22.3 Å². The van der Waals surface area contributed by atoms with Crippen LogP contribution >= 0.6 is 0 Å². The number of rotatable bonds is 4. The Balaban J connectivity index is 0.00000131. The van der Waals surface area contributed by atoms with Crippen LogP contribution in [0.15, 0.2) is 97.1 Å². The number of halogens is 2. The first kappa shape index (κ1) is 22.2. The van der Waals surface area contributed by atoms with Crippen molar-refractivity contribution in [3.8, 4) is 0 Å². The molecule has 0 saturated heterocycles. The van der Waals surface area contributed by atoms with Gasteiger partial charge in [0.2, 0.25) is 0 Å². The van der Waals surface area contributed by atoms with Crippen molar-refractivity contribution in [3.63, 3.8) is 0 Å². The van der Waals surface area contributed by atoms with Crippen LogP contribution in [0.25, 0.3) is 11.1 Å². The number of benzene rings is 2. The van der Waals surface area contributed by atoms with Crippen molar-refractivity contribution in [1.82, 2.24) is 0 Å². The van der Waals surface area contributed by atoms with Gasteiger partial charge in [-0.3, -0.25) is 0 Å². The first-order valence-corrected chi connectivity index (χ1v) is 11.3. The average Bonchev–Trinajstić information content (AvgIpc) is 3.20. The third-order valence-corrected chi connectivity index (χ3v) is 9.06. The van der Waals surface area contributed by atoms with Gasteiger partial charge in [0.15, 0.2) is 0 Å². The van der Waals surface area contributed by atoms with Crippen molar-refractivity contribution in [2.45, 2.75) is 20.1 Å². The molecule has 0 heterocycles. The third-order valence-electron chi connectivity index (χ3n) is 4.88. The predicted molar refractivity (Wildman–Crippen MR) is 104 cm³/mol. The van der Waals surface area contributed by atoms with E-state index in [4.69, 9.17) is 0 Å². The van der Waals surface area contributed by atoms with Gasteiger partial charge in [0.05, 0.1) is 0 Å². The topological polar surface area (TPSA) is 0 Å². The molecule has 0 nitrogen and oxygen atoms in total. The maximum atomic E-state index is 2.50. The van der Waals surface area contributed by atoms with Crippen LogP contribution in [0.5, 0.6) is 0 Å². The van der Waals surface area contributed by atoms with Gasteiger partial charge in [-0.1, -0.05) is 0 Å². The van der Waals surface area contributed by atoms with Gasteiger partial charge >= 0.3 is 163 Å². The Kier molecular flexibility index (Phi) is 7.31. The van der Waals surface area contributed by atoms with Crippen molar-refractivity contribution >= 4 is 11.1 Å². The smallest absolute Gasteiger partial charge is 1.00 e. The zero-order chi connectivity index (χ0) is 17.3. The monoisotopic (exact) mass is 470 g/mol. The van der Waals surface area contributed by atoms with Crippen molar-refractivity contribution < 1.29 is 48.0 Å². The summed E-state index contributed by atoms with van der Waals surface area (Å²) >= 11 is -0.767. The third kappa shape index (κ3) is 5.02. The maximum Gasteiger partial charge on any atom is -1.00 e. The van der Waals surface area contributed by atoms with Crippen molar-refractivity contribution in [1.29, 1.82) is 0 Å². The van der Waals surface area contributed by atoms with E-state index in [1.807, 2.05) is 0 Å². The molecule has 0 amide bonds. The Morgan fingerprint density at radius 2 is 0.963 bits per heavy atom. The largest absolute Gasteiger partial charge is 1.00 e. The Bertz CT molecular complexity index is 821. The molecule has 2 unspecified atom stereocenters. The molecule has 0 fully saturated rings. The van der Waals surface area contributed by atoms with E-state index < -0.39 is 23.2 Å². The SMILES string of the molecule is C[C]1([Zr+2][C]2(C)C=CC(c3ccccc3)=C2)C=CC(c2ccccc2)=C1.[Cl-].[Cl-]. The summed E-state index contributed by atoms with van der Waals surface area (Å²) in [4.78, 5) is 0. The predicted octanol–water partition coefficient (Wildman–Crippen LogP) is 0.741. The second-order valence-electron chi connectivity index (χ2n) is 7.29.